The SMILES string of the molecule is CCCCCCC(C)NC(=NCC(=O)N(C)C)NCC1CCOC1. The number of ether oxygens (including phenoxy) is 1. The van der Waals surface area contributed by atoms with Gasteiger partial charge in [-0.25, -0.2) is 4.99 Å². The molecule has 0 aromatic carbocycles. The Kier molecular flexibility index (Phi) is 10.5. The van der Waals surface area contributed by atoms with Gasteiger partial charge in [-0.3, -0.25) is 4.79 Å². The Morgan fingerprint density at radius 1 is 1.33 bits per heavy atom. The molecule has 1 rings (SSSR count). The molecule has 0 aliphatic carbocycles. The lowest BCUT2D eigenvalue weighted by Crippen LogP contribution is -2.44. The number of hydrogen-bond donors (Lipinski definition) is 2. The molecule has 1 amide bonds. The Hall–Kier alpha value is -1.30. The van der Waals surface area contributed by atoms with E-state index in [-0.39, 0.29) is 12.5 Å². The molecule has 24 heavy (non-hydrogen) atoms. The van der Waals surface area contributed by atoms with Gasteiger partial charge in [-0.1, -0.05) is 32.6 Å². The molecule has 0 aromatic rings. The van der Waals surface area contributed by atoms with Gasteiger partial charge >= 0.3 is 0 Å². The van der Waals surface area contributed by atoms with E-state index in [1.807, 2.05) is 0 Å². The normalized spacial score (nSPS) is 19.2. The second kappa shape index (κ2) is 12.1. The van der Waals surface area contributed by atoms with Gasteiger partial charge in [0.2, 0.25) is 5.91 Å². The highest BCUT2D eigenvalue weighted by molar-refractivity contribution is 5.84. The standard InChI is InChI=1S/C18H36N4O2/c1-5-6-7-8-9-15(2)21-18(20-13-17(23)22(3)4)19-12-16-10-11-24-14-16/h15-16H,5-14H2,1-4H3,(H2,19,20,21). The zero-order valence-corrected chi connectivity index (χ0v) is 15.9. The molecule has 6 nitrogen and oxygen atoms in total. The summed E-state index contributed by atoms with van der Waals surface area (Å²) < 4.78 is 5.42. The van der Waals surface area contributed by atoms with Crippen LogP contribution in [0.3, 0.4) is 0 Å². The lowest BCUT2D eigenvalue weighted by Gasteiger charge is -2.20. The molecule has 0 spiro atoms. The van der Waals surface area contributed by atoms with E-state index < -0.39 is 0 Å². The molecule has 1 fully saturated rings. The topological polar surface area (TPSA) is 66.0 Å². The van der Waals surface area contributed by atoms with Gasteiger partial charge in [0, 0.05) is 39.2 Å². The van der Waals surface area contributed by atoms with E-state index in [0.717, 1.165) is 38.6 Å². The highest BCUT2D eigenvalue weighted by atomic mass is 16.5. The average molecular weight is 341 g/mol. The Balaban J connectivity index is 2.45. The van der Waals surface area contributed by atoms with Crippen LogP contribution in [0, 0.1) is 5.92 Å². The summed E-state index contributed by atoms with van der Waals surface area (Å²) in [4.78, 5) is 17.8. The van der Waals surface area contributed by atoms with E-state index in [9.17, 15) is 4.79 Å². The van der Waals surface area contributed by atoms with Crippen LogP contribution in [-0.4, -0.2) is 63.2 Å². The fourth-order valence-corrected chi connectivity index (χ4v) is 2.61. The van der Waals surface area contributed by atoms with Gasteiger partial charge in [0.25, 0.3) is 0 Å². The molecule has 1 aliphatic heterocycles. The lowest BCUT2D eigenvalue weighted by atomic mass is 10.1. The zero-order valence-electron chi connectivity index (χ0n) is 15.9. The Morgan fingerprint density at radius 3 is 2.75 bits per heavy atom. The molecule has 2 N–H and O–H groups in total. The molecule has 1 heterocycles. The van der Waals surface area contributed by atoms with E-state index in [2.05, 4.69) is 29.5 Å². The maximum Gasteiger partial charge on any atom is 0.243 e. The van der Waals surface area contributed by atoms with Crippen LogP contribution in [0.1, 0.15) is 52.4 Å². The first-order valence-electron chi connectivity index (χ1n) is 9.35. The summed E-state index contributed by atoms with van der Waals surface area (Å²) in [6.07, 6.45) is 7.26. The number of hydrogen-bond acceptors (Lipinski definition) is 3. The summed E-state index contributed by atoms with van der Waals surface area (Å²) in [6, 6.07) is 0.349. The first kappa shape index (κ1) is 20.7. The zero-order chi connectivity index (χ0) is 17.8. The number of amides is 1. The monoisotopic (exact) mass is 340 g/mol. The van der Waals surface area contributed by atoms with Crippen LogP contribution < -0.4 is 10.6 Å². The Bertz CT molecular complexity index is 379. The van der Waals surface area contributed by atoms with Crippen molar-refractivity contribution in [1.82, 2.24) is 15.5 Å². The summed E-state index contributed by atoms with van der Waals surface area (Å²) in [7, 11) is 3.51. The maximum absolute atomic E-state index is 11.8. The largest absolute Gasteiger partial charge is 0.381 e. The van der Waals surface area contributed by atoms with Crippen molar-refractivity contribution in [2.24, 2.45) is 10.9 Å². The van der Waals surface area contributed by atoms with E-state index in [0.29, 0.717) is 12.0 Å². The predicted octanol–water partition coefficient (Wildman–Crippen LogP) is 2.01. The number of carbonyl (C=O) groups excluding carboxylic acids is 1. The maximum atomic E-state index is 11.8. The van der Waals surface area contributed by atoms with Gasteiger partial charge in [0.15, 0.2) is 5.96 Å². The van der Waals surface area contributed by atoms with Crippen molar-refractivity contribution in [3.8, 4) is 0 Å². The van der Waals surface area contributed by atoms with Crippen LogP contribution in [0.25, 0.3) is 0 Å². The lowest BCUT2D eigenvalue weighted by molar-refractivity contribution is -0.127. The Morgan fingerprint density at radius 2 is 2.12 bits per heavy atom. The van der Waals surface area contributed by atoms with Crippen molar-refractivity contribution in [1.29, 1.82) is 0 Å². The van der Waals surface area contributed by atoms with Crippen LogP contribution in [0.5, 0.6) is 0 Å². The van der Waals surface area contributed by atoms with E-state index in [4.69, 9.17) is 4.74 Å². The van der Waals surface area contributed by atoms with Crippen molar-refractivity contribution >= 4 is 11.9 Å². The number of carbonyl (C=O) groups is 1. The van der Waals surface area contributed by atoms with Gasteiger partial charge in [-0.2, -0.15) is 0 Å². The highest BCUT2D eigenvalue weighted by Gasteiger charge is 2.16. The first-order chi connectivity index (χ1) is 11.5. The number of nitrogens with one attached hydrogen (secondary N) is 2. The summed E-state index contributed by atoms with van der Waals surface area (Å²) in [6.45, 7) is 7.07. The second-order valence-corrected chi connectivity index (χ2v) is 6.96. The second-order valence-electron chi connectivity index (χ2n) is 6.96. The Labute approximate surface area is 147 Å². The molecule has 2 atom stereocenters. The number of nitrogens with zero attached hydrogens (tertiary/aromatic N) is 2. The van der Waals surface area contributed by atoms with Crippen LogP contribution in [0.4, 0.5) is 0 Å². The number of aliphatic imine (C=N–C) groups is 1. The third-order valence-corrected chi connectivity index (χ3v) is 4.33. The number of rotatable bonds is 10. The summed E-state index contributed by atoms with van der Waals surface area (Å²) in [5, 5.41) is 6.82. The predicted molar refractivity (Wildman–Crippen MR) is 99.3 cm³/mol. The molecule has 0 aromatic heterocycles. The van der Waals surface area contributed by atoms with E-state index in [1.165, 1.54) is 25.7 Å². The number of likely N-dealkylation sites (N-methyl/N-ethyl adjacent to an activating group) is 1. The molecule has 0 bridgehead atoms. The molecular formula is C18H36N4O2. The van der Waals surface area contributed by atoms with Crippen LogP contribution in [0.2, 0.25) is 0 Å². The van der Waals surface area contributed by atoms with Gasteiger partial charge in [0.05, 0.1) is 6.61 Å². The minimum Gasteiger partial charge on any atom is -0.381 e. The fourth-order valence-electron chi connectivity index (χ4n) is 2.61. The van der Waals surface area contributed by atoms with Crippen LogP contribution >= 0.6 is 0 Å². The van der Waals surface area contributed by atoms with Crippen molar-refractivity contribution in [3.63, 3.8) is 0 Å². The molecule has 0 radical (unpaired) electrons. The summed E-state index contributed by atoms with van der Waals surface area (Å²) >= 11 is 0. The number of unbranched alkanes of at least 4 members (excludes halogenated alkanes) is 3. The quantitative estimate of drug-likeness (QED) is 0.363. The molecule has 1 aliphatic rings. The average Bonchev–Trinajstić information content (AvgIpc) is 3.07. The van der Waals surface area contributed by atoms with Gasteiger partial charge in [-0.15, -0.1) is 0 Å². The summed E-state index contributed by atoms with van der Waals surface area (Å²) in [5.74, 6) is 1.28. The van der Waals surface area contributed by atoms with Crippen LogP contribution in [0.15, 0.2) is 4.99 Å². The molecule has 2 unspecified atom stereocenters. The molecular weight excluding hydrogens is 304 g/mol. The number of guanidine groups is 1. The highest BCUT2D eigenvalue weighted by Crippen LogP contribution is 2.10. The first-order valence-corrected chi connectivity index (χ1v) is 9.35. The molecule has 1 saturated heterocycles. The third-order valence-electron chi connectivity index (χ3n) is 4.33. The smallest absolute Gasteiger partial charge is 0.243 e. The summed E-state index contributed by atoms with van der Waals surface area (Å²) in [5.41, 5.74) is 0. The van der Waals surface area contributed by atoms with Crippen LogP contribution in [-0.2, 0) is 9.53 Å². The minimum absolute atomic E-state index is 0.0101. The van der Waals surface area contributed by atoms with Crippen molar-refractivity contribution < 1.29 is 9.53 Å². The van der Waals surface area contributed by atoms with E-state index in [1.54, 1.807) is 19.0 Å². The fraction of sp³-hybridized carbons (Fsp3) is 0.889. The molecule has 140 valence electrons. The van der Waals surface area contributed by atoms with Crippen molar-refractivity contribution in [2.75, 3.05) is 40.4 Å². The molecule has 6 heteroatoms. The van der Waals surface area contributed by atoms with Gasteiger partial charge in [0.1, 0.15) is 6.54 Å². The minimum atomic E-state index is 0.0101. The van der Waals surface area contributed by atoms with Gasteiger partial charge < -0.3 is 20.3 Å². The third kappa shape index (κ3) is 9.11. The van der Waals surface area contributed by atoms with Crippen molar-refractivity contribution in [2.45, 2.75) is 58.4 Å². The van der Waals surface area contributed by atoms with Gasteiger partial charge in [-0.05, 0) is 19.8 Å². The molecule has 0 saturated carbocycles. The van der Waals surface area contributed by atoms with Crippen molar-refractivity contribution in [3.05, 3.63) is 0 Å². The van der Waals surface area contributed by atoms with E-state index >= 15 is 0 Å².